The van der Waals surface area contributed by atoms with Crippen molar-refractivity contribution in [2.24, 2.45) is 5.18 Å². The van der Waals surface area contributed by atoms with Gasteiger partial charge in [0.25, 0.3) is 0 Å². The quantitative estimate of drug-likeness (QED) is 0.854. The van der Waals surface area contributed by atoms with Crippen LogP contribution in [0.2, 0.25) is 5.02 Å². The second-order valence-corrected chi connectivity index (χ2v) is 5.93. The Kier molecular flexibility index (Phi) is 4.66. The highest BCUT2D eigenvalue weighted by Gasteiger charge is 2.21. The number of carboxylic acids is 1. The van der Waals surface area contributed by atoms with E-state index in [1.165, 1.54) is 12.1 Å². The number of rotatable bonds is 4. The highest BCUT2D eigenvalue weighted by Crippen LogP contribution is 2.29. The molecule has 6 nitrogen and oxygen atoms in total. The number of carboxylic acid groups (broad SMARTS) is 1. The van der Waals surface area contributed by atoms with E-state index in [1.54, 1.807) is 6.07 Å². The molecule has 24 heavy (non-hydrogen) atoms. The third-order valence-electron chi connectivity index (χ3n) is 4.15. The Labute approximate surface area is 144 Å². The summed E-state index contributed by atoms with van der Waals surface area (Å²) in [6, 6.07) is 12.4. The smallest absolute Gasteiger partial charge is 0.338 e. The SMILES string of the molecule is O=Nc1ccc(N2CCN(c3ccccc3Cl)CC2)cc1C(=O)O. The molecule has 0 spiro atoms. The average molecular weight is 346 g/mol. The standard InChI is InChI=1S/C17H16ClN3O3/c18-14-3-1-2-4-16(14)21-9-7-20(8-10-21)12-5-6-15(19-24)13(11-12)17(22)23/h1-6,11H,7-10H2,(H,22,23). The van der Waals surface area contributed by atoms with E-state index in [9.17, 15) is 14.8 Å². The van der Waals surface area contributed by atoms with Gasteiger partial charge in [-0.05, 0) is 35.5 Å². The topological polar surface area (TPSA) is 73.2 Å². The van der Waals surface area contributed by atoms with Crippen molar-refractivity contribution in [3.63, 3.8) is 0 Å². The predicted octanol–water partition coefficient (Wildman–Crippen LogP) is 3.76. The number of hydrogen-bond donors (Lipinski definition) is 1. The molecule has 0 atom stereocenters. The van der Waals surface area contributed by atoms with Crippen LogP contribution in [0.1, 0.15) is 10.4 Å². The number of halogens is 1. The zero-order chi connectivity index (χ0) is 17.1. The minimum atomic E-state index is -1.15. The minimum absolute atomic E-state index is 0.0547. The van der Waals surface area contributed by atoms with Gasteiger partial charge in [-0.3, -0.25) is 0 Å². The summed E-state index contributed by atoms with van der Waals surface area (Å²) in [6.07, 6.45) is 0. The maximum Gasteiger partial charge on any atom is 0.338 e. The van der Waals surface area contributed by atoms with Gasteiger partial charge in [0.15, 0.2) is 0 Å². The van der Waals surface area contributed by atoms with E-state index in [2.05, 4.69) is 15.0 Å². The first-order valence-electron chi connectivity index (χ1n) is 7.55. The number of nitrogens with zero attached hydrogens (tertiary/aromatic N) is 3. The molecule has 1 aliphatic rings. The fourth-order valence-corrected chi connectivity index (χ4v) is 3.14. The molecule has 0 amide bonds. The molecule has 1 fully saturated rings. The lowest BCUT2D eigenvalue weighted by atomic mass is 10.1. The maximum absolute atomic E-state index is 11.2. The highest BCUT2D eigenvalue weighted by molar-refractivity contribution is 6.33. The summed E-state index contributed by atoms with van der Waals surface area (Å²) in [5.74, 6) is -1.15. The van der Waals surface area contributed by atoms with Crippen molar-refractivity contribution < 1.29 is 9.90 Å². The molecule has 0 aliphatic carbocycles. The summed E-state index contributed by atoms with van der Waals surface area (Å²) >= 11 is 6.24. The zero-order valence-corrected chi connectivity index (χ0v) is 13.6. The Hall–Kier alpha value is -2.60. The Morgan fingerprint density at radius 1 is 1.04 bits per heavy atom. The van der Waals surface area contributed by atoms with Crippen molar-refractivity contribution in [1.29, 1.82) is 0 Å². The first-order chi connectivity index (χ1) is 11.6. The van der Waals surface area contributed by atoms with Crippen LogP contribution in [0.25, 0.3) is 0 Å². The molecule has 1 N–H and O–H groups in total. The number of hydrogen-bond acceptors (Lipinski definition) is 5. The van der Waals surface area contributed by atoms with Crippen LogP contribution < -0.4 is 9.80 Å². The van der Waals surface area contributed by atoms with Gasteiger partial charge < -0.3 is 14.9 Å². The van der Waals surface area contributed by atoms with Crippen LogP contribution in [-0.4, -0.2) is 37.3 Å². The molecule has 0 aromatic heterocycles. The van der Waals surface area contributed by atoms with Gasteiger partial charge in [-0.15, -0.1) is 4.91 Å². The number of para-hydroxylation sites is 1. The maximum atomic E-state index is 11.2. The van der Waals surface area contributed by atoms with Gasteiger partial charge in [0.2, 0.25) is 0 Å². The zero-order valence-electron chi connectivity index (χ0n) is 12.9. The number of benzene rings is 2. The number of aromatic carboxylic acids is 1. The fraction of sp³-hybridized carbons (Fsp3) is 0.235. The van der Waals surface area contributed by atoms with E-state index in [4.69, 9.17) is 11.6 Å². The van der Waals surface area contributed by atoms with Crippen molar-refractivity contribution in [3.05, 3.63) is 58.0 Å². The molecule has 1 aliphatic heterocycles. The average Bonchev–Trinajstić information content (AvgIpc) is 2.62. The Morgan fingerprint density at radius 2 is 1.71 bits per heavy atom. The van der Waals surface area contributed by atoms with E-state index < -0.39 is 5.97 Å². The van der Waals surface area contributed by atoms with Gasteiger partial charge in [0.1, 0.15) is 5.69 Å². The third-order valence-corrected chi connectivity index (χ3v) is 4.47. The monoisotopic (exact) mass is 345 g/mol. The third kappa shape index (κ3) is 3.19. The molecule has 1 saturated heterocycles. The lowest BCUT2D eigenvalue weighted by Gasteiger charge is -2.37. The summed E-state index contributed by atoms with van der Waals surface area (Å²) in [4.78, 5) is 26.3. The van der Waals surface area contributed by atoms with E-state index in [-0.39, 0.29) is 11.3 Å². The molecule has 0 bridgehead atoms. The van der Waals surface area contributed by atoms with Crippen molar-refractivity contribution in [1.82, 2.24) is 0 Å². The van der Waals surface area contributed by atoms with Gasteiger partial charge in [-0.1, -0.05) is 23.7 Å². The summed E-state index contributed by atoms with van der Waals surface area (Å²) in [6.45, 7) is 3.02. The summed E-state index contributed by atoms with van der Waals surface area (Å²) < 4.78 is 0. The Morgan fingerprint density at radius 3 is 2.33 bits per heavy atom. The normalized spacial score (nSPS) is 14.5. The minimum Gasteiger partial charge on any atom is -0.478 e. The predicted molar refractivity (Wildman–Crippen MR) is 94.7 cm³/mol. The molecule has 1 heterocycles. The molecule has 124 valence electrons. The van der Waals surface area contributed by atoms with Gasteiger partial charge in [-0.25, -0.2) is 4.79 Å². The number of anilines is 2. The van der Waals surface area contributed by atoms with E-state index >= 15 is 0 Å². The summed E-state index contributed by atoms with van der Waals surface area (Å²) in [5.41, 5.74) is 1.65. The van der Waals surface area contributed by atoms with Crippen LogP contribution in [-0.2, 0) is 0 Å². The molecule has 2 aromatic carbocycles. The number of piperazine rings is 1. The van der Waals surface area contributed by atoms with Crippen LogP contribution in [0.3, 0.4) is 0 Å². The van der Waals surface area contributed by atoms with Crippen LogP contribution in [0.4, 0.5) is 17.1 Å². The molecule has 0 unspecified atom stereocenters. The second kappa shape index (κ2) is 6.88. The van der Waals surface area contributed by atoms with E-state index in [0.717, 1.165) is 42.6 Å². The lowest BCUT2D eigenvalue weighted by Crippen LogP contribution is -2.46. The largest absolute Gasteiger partial charge is 0.478 e. The van der Waals surface area contributed by atoms with Crippen LogP contribution >= 0.6 is 11.6 Å². The first kappa shape index (κ1) is 16.3. The second-order valence-electron chi connectivity index (χ2n) is 5.52. The van der Waals surface area contributed by atoms with E-state index in [0.29, 0.717) is 0 Å². The van der Waals surface area contributed by atoms with E-state index in [1.807, 2.05) is 24.3 Å². The molecule has 2 aromatic rings. The first-order valence-corrected chi connectivity index (χ1v) is 7.93. The Bertz CT molecular complexity index is 773. The summed E-state index contributed by atoms with van der Waals surface area (Å²) in [5, 5.41) is 12.7. The van der Waals surface area contributed by atoms with Crippen molar-refractivity contribution in [2.75, 3.05) is 36.0 Å². The summed E-state index contributed by atoms with van der Waals surface area (Å²) in [7, 11) is 0. The molecule has 7 heteroatoms. The molecular weight excluding hydrogens is 330 g/mol. The van der Waals surface area contributed by atoms with Gasteiger partial charge in [0, 0.05) is 31.9 Å². The van der Waals surface area contributed by atoms with Crippen molar-refractivity contribution in [3.8, 4) is 0 Å². The van der Waals surface area contributed by atoms with Gasteiger partial charge in [0.05, 0.1) is 16.3 Å². The van der Waals surface area contributed by atoms with Crippen LogP contribution in [0.15, 0.2) is 47.6 Å². The fourth-order valence-electron chi connectivity index (χ4n) is 2.89. The number of nitroso groups, excluding NO2 is 1. The van der Waals surface area contributed by atoms with Crippen LogP contribution in [0.5, 0.6) is 0 Å². The van der Waals surface area contributed by atoms with Crippen molar-refractivity contribution in [2.45, 2.75) is 0 Å². The lowest BCUT2D eigenvalue weighted by molar-refractivity contribution is 0.0698. The van der Waals surface area contributed by atoms with Crippen molar-refractivity contribution >= 4 is 34.6 Å². The molecule has 0 saturated carbocycles. The Balaban J connectivity index is 1.75. The molecule has 3 rings (SSSR count). The number of carbonyl (C=O) groups is 1. The van der Waals surface area contributed by atoms with Gasteiger partial charge >= 0.3 is 5.97 Å². The molecular formula is C17H16ClN3O3. The van der Waals surface area contributed by atoms with Gasteiger partial charge in [-0.2, -0.15) is 0 Å². The van der Waals surface area contributed by atoms with Crippen LogP contribution in [0, 0.1) is 4.91 Å². The molecule has 0 radical (unpaired) electrons. The highest BCUT2D eigenvalue weighted by atomic mass is 35.5.